The lowest BCUT2D eigenvalue weighted by Crippen LogP contribution is -2.37. The molecule has 0 N–H and O–H groups in total. The van der Waals surface area contributed by atoms with E-state index in [0.29, 0.717) is 17.4 Å². The number of hydrogen-bond acceptors (Lipinski definition) is 8. The lowest BCUT2D eigenvalue weighted by molar-refractivity contribution is -0.870. The van der Waals surface area contributed by atoms with E-state index < -0.39 is 26.5 Å². The Bertz CT molecular complexity index is 1070. The predicted octanol–water partition coefficient (Wildman–Crippen LogP) is 14.1. The Hall–Kier alpha value is -1.51. The molecule has 0 rings (SSSR count). The SMILES string of the molecule is CCCCCCCC/C=C\CCCCCCCCCCCC(=O)OC(COC(=O)CCCCCCCCC/C=C\CCCCCCCC)COP(=O)([O-])OCC[N+](C)(C)C. The van der Waals surface area contributed by atoms with Gasteiger partial charge in [0.25, 0.3) is 7.82 Å². The van der Waals surface area contributed by atoms with Crippen LogP contribution in [0.25, 0.3) is 0 Å². The van der Waals surface area contributed by atoms with Gasteiger partial charge >= 0.3 is 11.9 Å². The summed E-state index contributed by atoms with van der Waals surface area (Å²) in [5.41, 5.74) is 0. The molecule has 0 saturated carbocycles. The minimum atomic E-state index is -4.63. The van der Waals surface area contributed by atoms with Gasteiger partial charge in [0.15, 0.2) is 6.10 Å². The normalized spacial score (nSPS) is 13.6. The molecular formula is C50H96NO8P. The molecule has 0 aliphatic carbocycles. The van der Waals surface area contributed by atoms with Crippen molar-refractivity contribution in [1.82, 2.24) is 0 Å². The van der Waals surface area contributed by atoms with Crippen LogP contribution in [0.5, 0.6) is 0 Å². The molecule has 60 heavy (non-hydrogen) atoms. The van der Waals surface area contributed by atoms with E-state index in [0.717, 1.165) is 51.4 Å². The highest BCUT2D eigenvalue weighted by Crippen LogP contribution is 2.38. The smallest absolute Gasteiger partial charge is 0.306 e. The standard InChI is InChI=1S/C50H96NO8P/c1-6-8-10-12-14-16-18-20-22-24-25-27-29-31-33-35-37-39-41-43-50(53)59-48(47-58-60(54,55)57-45-44-51(3,4)5)46-56-49(52)42-40-38-36-34-32-30-28-26-23-21-19-17-15-13-11-9-7-2/h20-23,48H,6-19,24-47H2,1-5H3/b22-20-,23-21-. The average Bonchev–Trinajstić information content (AvgIpc) is 3.20. The molecule has 2 unspecified atom stereocenters. The first-order valence-electron chi connectivity index (χ1n) is 25.0. The number of carbonyl (C=O) groups excluding carboxylic acids is 2. The highest BCUT2D eigenvalue weighted by molar-refractivity contribution is 7.45. The fourth-order valence-electron chi connectivity index (χ4n) is 7.00. The second-order valence-corrected chi connectivity index (χ2v) is 19.6. The van der Waals surface area contributed by atoms with Gasteiger partial charge in [0, 0.05) is 12.8 Å². The van der Waals surface area contributed by atoms with Gasteiger partial charge in [0.2, 0.25) is 0 Å². The zero-order chi connectivity index (χ0) is 44.3. The van der Waals surface area contributed by atoms with E-state index in [4.69, 9.17) is 18.5 Å². The molecule has 0 aromatic rings. The summed E-state index contributed by atoms with van der Waals surface area (Å²) >= 11 is 0. The number of rotatable bonds is 46. The highest BCUT2D eigenvalue weighted by atomic mass is 31.2. The molecule has 0 heterocycles. The maximum atomic E-state index is 12.7. The van der Waals surface area contributed by atoms with E-state index >= 15 is 0 Å². The van der Waals surface area contributed by atoms with E-state index in [9.17, 15) is 19.0 Å². The lowest BCUT2D eigenvalue weighted by Gasteiger charge is -2.28. The van der Waals surface area contributed by atoms with Crippen LogP contribution in [0.3, 0.4) is 0 Å². The Labute approximate surface area is 370 Å². The number of allylic oxidation sites excluding steroid dienone is 4. The minimum absolute atomic E-state index is 0.0303. The van der Waals surface area contributed by atoms with Crippen LogP contribution in [0, 0.1) is 0 Å². The van der Waals surface area contributed by atoms with E-state index in [1.165, 1.54) is 148 Å². The van der Waals surface area contributed by atoms with Crippen LogP contribution >= 0.6 is 7.82 Å². The van der Waals surface area contributed by atoms with E-state index in [2.05, 4.69) is 38.2 Å². The number of quaternary nitrogens is 1. The van der Waals surface area contributed by atoms with Crippen LogP contribution < -0.4 is 4.89 Å². The third kappa shape index (κ3) is 46.0. The van der Waals surface area contributed by atoms with Crippen LogP contribution in [0.1, 0.15) is 232 Å². The number of esters is 2. The number of nitrogens with zero attached hydrogens (tertiary/aromatic N) is 1. The van der Waals surface area contributed by atoms with Gasteiger partial charge in [-0.05, 0) is 64.2 Å². The van der Waals surface area contributed by atoms with E-state index in [-0.39, 0.29) is 32.0 Å². The van der Waals surface area contributed by atoms with Crippen LogP contribution in [0.2, 0.25) is 0 Å². The fraction of sp³-hybridized carbons (Fsp3) is 0.880. The van der Waals surface area contributed by atoms with Gasteiger partial charge in [0.1, 0.15) is 19.8 Å². The molecule has 0 spiro atoms. The van der Waals surface area contributed by atoms with Gasteiger partial charge in [-0.2, -0.15) is 0 Å². The summed E-state index contributed by atoms with van der Waals surface area (Å²) in [5.74, 6) is -0.833. The first-order chi connectivity index (χ1) is 29.0. The van der Waals surface area contributed by atoms with Crippen molar-refractivity contribution in [1.29, 1.82) is 0 Å². The lowest BCUT2D eigenvalue weighted by atomic mass is 10.1. The first kappa shape index (κ1) is 58.5. The van der Waals surface area contributed by atoms with Crippen LogP contribution in [-0.2, 0) is 32.7 Å². The molecule has 0 aliphatic heterocycles. The second kappa shape index (κ2) is 42.8. The Balaban J connectivity index is 4.27. The van der Waals surface area contributed by atoms with Crippen LogP contribution in [0.15, 0.2) is 24.3 Å². The third-order valence-electron chi connectivity index (χ3n) is 10.9. The second-order valence-electron chi connectivity index (χ2n) is 18.2. The molecule has 10 heteroatoms. The number of phosphoric acid groups is 1. The van der Waals surface area contributed by atoms with Gasteiger partial charge in [-0.15, -0.1) is 0 Å². The molecule has 0 fully saturated rings. The van der Waals surface area contributed by atoms with Gasteiger partial charge in [0.05, 0.1) is 27.7 Å². The van der Waals surface area contributed by atoms with Gasteiger partial charge in [-0.25, -0.2) is 0 Å². The molecule has 0 radical (unpaired) electrons. The predicted molar refractivity (Wildman–Crippen MR) is 250 cm³/mol. The molecule has 0 bridgehead atoms. The average molecular weight is 870 g/mol. The number of unbranched alkanes of at least 4 members (excludes halogenated alkanes) is 28. The fourth-order valence-corrected chi connectivity index (χ4v) is 7.73. The minimum Gasteiger partial charge on any atom is -0.756 e. The van der Waals surface area contributed by atoms with Gasteiger partial charge in [-0.1, -0.05) is 179 Å². The summed E-state index contributed by atoms with van der Waals surface area (Å²) in [5, 5.41) is 0. The largest absolute Gasteiger partial charge is 0.756 e. The molecule has 0 saturated heterocycles. The molecule has 0 aromatic carbocycles. The summed E-state index contributed by atoms with van der Waals surface area (Å²) in [6.07, 6.45) is 47.7. The quantitative estimate of drug-likeness (QED) is 0.0195. The molecule has 0 aromatic heterocycles. The Morgan fingerprint density at radius 2 is 0.850 bits per heavy atom. The first-order valence-corrected chi connectivity index (χ1v) is 26.5. The van der Waals surface area contributed by atoms with Crippen molar-refractivity contribution in [2.45, 2.75) is 238 Å². The number of carbonyl (C=O) groups is 2. The zero-order valence-electron chi connectivity index (χ0n) is 39.9. The third-order valence-corrected chi connectivity index (χ3v) is 11.9. The Morgan fingerprint density at radius 3 is 1.23 bits per heavy atom. The van der Waals surface area contributed by atoms with Gasteiger partial charge < -0.3 is 27.9 Å². The van der Waals surface area contributed by atoms with Crippen molar-refractivity contribution in [2.75, 3.05) is 47.5 Å². The molecule has 9 nitrogen and oxygen atoms in total. The topological polar surface area (TPSA) is 111 Å². The van der Waals surface area contributed by atoms with Crippen LogP contribution in [0.4, 0.5) is 0 Å². The highest BCUT2D eigenvalue weighted by Gasteiger charge is 2.21. The molecule has 0 aliphatic rings. The van der Waals surface area contributed by atoms with Crippen molar-refractivity contribution < 1.29 is 42.1 Å². The summed E-state index contributed by atoms with van der Waals surface area (Å²) in [6.45, 7) is 4.24. The molecule has 354 valence electrons. The van der Waals surface area contributed by atoms with Crippen molar-refractivity contribution in [2.24, 2.45) is 0 Å². The number of phosphoric ester groups is 1. The Morgan fingerprint density at radius 1 is 0.500 bits per heavy atom. The van der Waals surface area contributed by atoms with E-state index in [1.54, 1.807) is 0 Å². The summed E-state index contributed by atoms with van der Waals surface area (Å²) in [6, 6.07) is 0. The summed E-state index contributed by atoms with van der Waals surface area (Å²) < 4.78 is 34.0. The number of ether oxygens (including phenoxy) is 2. The zero-order valence-corrected chi connectivity index (χ0v) is 40.8. The number of likely N-dealkylation sites (N-methyl/N-ethyl adjacent to an activating group) is 1. The monoisotopic (exact) mass is 870 g/mol. The summed E-state index contributed by atoms with van der Waals surface area (Å²) in [7, 11) is 1.17. The molecule has 0 amide bonds. The maximum absolute atomic E-state index is 12.7. The molecular weight excluding hydrogens is 774 g/mol. The Kier molecular flexibility index (Phi) is 41.7. The van der Waals surface area contributed by atoms with Gasteiger partial charge in [-0.3, -0.25) is 14.2 Å². The van der Waals surface area contributed by atoms with E-state index in [1.807, 2.05) is 21.1 Å². The van der Waals surface area contributed by atoms with Crippen LogP contribution in [-0.4, -0.2) is 70.0 Å². The van der Waals surface area contributed by atoms with Crippen molar-refractivity contribution >= 4 is 19.8 Å². The van der Waals surface area contributed by atoms with Crippen molar-refractivity contribution in [3.63, 3.8) is 0 Å². The van der Waals surface area contributed by atoms with Crippen molar-refractivity contribution in [3.8, 4) is 0 Å². The summed E-state index contributed by atoms with van der Waals surface area (Å²) in [4.78, 5) is 37.7. The van der Waals surface area contributed by atoms with Crippen molar-refractivity contribution in [3.05, 3.63) is 24.3 Å². The number of hydrogen-bond donors (Lipinski definition) is 0. The maximum Gasteiger partial charge on any atom is 0.306 e. The molecule has 2 atom stereocenters.